The van der Waals surface area contributed by atoms with Gasteiger partial charge in [-0.1, -0.05) is 37.9 Å². The third-order valence-corrected chi connectivity index (χ3v) is 4.19. The number of hydrogen-bond donors (Lipinski definition) is 0. The van der Waals surface area contributed by atoms with Gasteiger partial charge in [-0.05, 0) is 41.8 Å². The van der Waals surface area contributed by atoms with Gasteiger partial charge < -0.3 is 4.90 Å². The van der Waals surface area contributed by atoms with Gasteiger partial charge in [0.1, 0.15) is 0 Å². The molecule has 0 unspecified atom stereocenters. The van der Waals surface area contributed by atoms with E-state index < -0.39 is 0 Å². The Bertz CT molecular complexity index is 529. The highest BCUT2D eigenvalue weighted by atomic mass is 79.9. The molecule has 0 bridgehead atoms. The second kappa shape index (κ2) is 7.06. The Morgan fingerprint density at radius 1 is 1.16 bits per heavy atom. The molecule has 4 heteroatoms. The number of likely N-dealkylation sites (N-methyl/N-ethyl adjacent to an activating group) is 1. The molecule has 0 aliphatic rings. The van der Waals surface area contributed by atoms with E-state index in [4.69, 9.17) is 0 Å². The molecule has 1 heterocycles. The minimum Gasteiger partial charge on any atom is -0.374 e. The lowest BCUT2D eigenvalue weighted by Crippen LogP contribution is -2.21. The van der Waals surface area contributed by atoms with Crippen LogP contribution >= 0.6 is 31.9 Å². The van der Waals surface area contributed by atoms with Crippen molar-refractivity contribution in [1.82, 2.24) is 4.98 Å². The van der Waals surface area contributed by atoms with Crippen LogP contribution in [0.4, 0.5) is 5.69 Å². The van der Waals surface area contributed by atoms with Gasteiger partial charge in [0.05, 0.1) is 0 Å². The summed E-state index contributed by atoms with van der Waals surface area (Å²) in [5.74, 6) is 0. The number of aromatic nitrogens is 1. The van der Waals surface area contributed by atoms with Gasteiger partial charge in [-0.3, -0.25) is 4.98 Å². The molecule has 0 fully saturated rings. The first-order chi connectivity index (χ1) is 9.20. The van der Waals surface area contributed by atoms with Gasteiger partial charge >= 0.3 is 0 Å². The summed E-state index contributed by atoms with van der Waals surface area (Å²) in [6.45, 7) is 0.987. The van der Waals surface area contributed by atoms with Crippen LogP contribution in [0.2, 0.25) is 0 Å². The first-order valence-electron chi connectivity index (χ1n) is 6.15. The van der Waals surface area contributed by atoms with E-state index >= 15 is 0 Å². The summed E-state index contributed by atoms with van der Waals surface area (Å²) in [4.78, 5) is 6.34. The predicted octanol–water partition coefficient (Wildman–Crippen LogP) is 4.42. The fraction of sp³-hybridized carbons (Fsp3) is 0.267. The van der Waals surface area contributed by atoms with Crippen molar-refractivity contribution >= 4 is 37.5 Å². The lowest BCUT2D eigenvalue weighted by molar-refractivity contribution is 0.870. The quantitative estimate of drug-likeness (QED) is 0.710. The monoisotopic (exact) mass is 382 g/mol. The smallest absolute Gasteiger partial charge is 0.0416 e. The molecule has 0 atom stereocenters. The number of hydrogen-bond acceptors (Lipinski definition) is 2. The van der Waals surface area contributed by atoms with E-state index in [-0.39, 0.29) is 0 Å². The Morgan fingerprint density at radius 3 is 2.58 bits per heavy atom. The fourth-order valence-electron chi connectivity index (χ4n) is 1.97. The molecule has 2 nitrogen and oxygen atoms in total. The molecule has 100 valence electrons. The van der Waals surface area contributed by atoms with Gasteiger partial charge in [0, 0.05) is 41.5 Å². The van der Waals surface area contributed by atoms with E-state index in [1.54, 1.807) is 0 Å². The van der Waals surface area contributed by atoms with Crippen molar-refractivity contribution < 1.29 is 0 Å². The van der Waals surface area contributed by atoms with Crippen LogP contribution in [0.5, 0.6) is 0 Å². The fourth-order valence-corrected chi connectivity index (χ4v) is 2.80. The molecule has 2 aromatic rings. The van der Waals surface area contributed by atoms with Crippen molar-refractivity contribution in [2.45, 2.75) is 11.8 Å². The van der Waals surface area contributed by atoms with Crippen LogP contribution in [-0.4, -0.2) is 18.6 Å². The molecule has 0 aliphatic heterocycles. The second-order valence-corrected chi connectivity index (χ2v) is 5.91. The van der Waals surface area contributed by atoms with Crippen LogP contribution in [0, 0.1) is 0 Å². The van der Waals surface area contributed by atoms with E-state index in [0.29, 0.717) is 0 Å². The number of rotatable bonds is 5. The van der Waals surface area contributed by atoms with Gasteiger partial charge in [-0.25, -0.2) is 0 Å². The molecule has 0 N–H and O–H groups in total. The first kappa shape index (κ1) is 14.5. The normalized spacial score (nSPS) is 10.5. The minimum absolute atomic E-state index is 0.870. The molecule has 0 spiro atoms. The number of alkyl halides is 1. The first-order valence-corrected chi connectivity index (χ1v) is 8.06. The molecule has 0 amide bonds. The Morgan fingerprint density at radius 2 is 1.89 bits per heavy atom. The molecule has 0 radical (unpaired) electrons. The number of pyridine rings is 1. The van der Waals surface area contributed by atoms with Gasteiger partial charge in [0.15, 0.2) is 0 Å². The molecule has 19 heavy (non-hydrogen) atoms. The van der Waals surface area contributed by atoms with E-state index in [9.17, 15) is 0 Å². The summed E-state index contributed by atoms with van der Waals surface area (Å²) in [7, 11) is 2.13. The summed E-state index contributed by atoms with van der Waals surface area (Å²) in [6.07, 6.45) is 4.71. The van der Waals surface area contributed by atoms with Gasteiger partial charge in [0.25, 0.3) is 0 Å². The predicted molar refractivity (Wildman–Crippen MR) is 88.0 cm³/mol. The zero-order chi connectivity index (χ0) is 13.7. The van der Waals surface area contributed by atoms with E-state index in [0.717, 1.165) is 22.8 Å². The molecule has 0 saturated heterocycles. The standard InChI is InChI=1S/C15H16Br2N2/c1-19(9-6-12-4-7-18-8-5-12)15-10-14(17)3-2-13(15)11-16/h2-5,7-8,10H,6,9,11H2,1H3. The molecule has 1 aromatic heterocycles. The van der Waals surface area contributed by atoms with Crippen molar-refractivity contribution in [3.8, 4) is 0 Å². The van der Waals surface area contributed by atoms with Gasteiger partial charge in [-0.15, -0.1) is 0 Å². The summed E-state index contributed by atoms with van der Waals surface area (Å²) >= 11 is 7.09. The van der Waals surface area contributed by atoms with E-state index in [1.807, 2.05) is 12.4 Å². The number of benzene rings is 1. The largest absolute Gasteiger partial charge is 0.374 e. The van der Waals surface area contributed by atoms with Gasteiger partial charge in [-0.2, -0.15) is 0 Å². The highest BCUT2D eigenvalue weighted by Gasteiger charge is 2.07. The number of nitrogens with zero attached hydrogens (tertiary/aromatic N) is 2. The van der Waals surface area contributed by atoms with E-state index in [2.05, 4.69) is 79.1 Å². The zero-order valence-corrected chi connectivity index (χ0v) is 14.0. The molecule has 1 aromatic carbocycles. The topological polar surface area (TPSA) is 16.1 Å². The zero-order valence-electron chi connectivity index (χ0n) is 10.8. The maximum absolute atomic E-state index is 4.04. The Hall–Kier alpha value is -0.870. The molecule has 0 saturated carbocycles. The summed E-state index contributed by atoms with van der Waals surface area (Å²) in [5.41, 5.74) is 3.89. The van der Waals surface area contributed by atoms with Crippen LogP contribution in [-0.2, 0) is 11.8 Å². The number of halogens is 2. The maximum Gasteiger partial charge on any atom is 0.0416 e. The Labute approximate surface area is 131 Å². The lowest BCUT2D eigenvalue weighted by atomic mass is 10.1. The highest BCUT2D eigenvalue weighted by Crippen LogP contribution is 2.26. The Balaban J connectivity index is 2.07. The van der Waals surface area contributed by atoms with Crippen LogP contribution in [0.1, 0.15) is 11.1 Å². The molecule has 0 aliphatic carbocycles. The maximum atomic E-state index is 4.04. The molecular formula is C15H16Br2N2. The van der Waals surface area contributed by atoms with Crippen LogP contribution in [0.25, 0.3) is 0 Å². The lowest BCUT2D eigenvalue weighted by Gasteiger charge is -2.22. The van der Waals surface area contributed by atoms with Crippen molar-refractivity contribution in [1.29, 1.82) is 0 Å². The molecule has 2 rings (SSSR count). The van der Waals surface area contributed by atoms with Crippen LogP contribution < -0.4 is 4.90 Å². The highest BCUT2D eigenvalue weighted by molar-refractivity contribution is 9.10. The summed E-state index contributed by atoms with van der Waals surface area (Å²) in [5, 5.41) is 0.870. The minimum atomic E-state index is 0.870. The third-order valence-electron chi connectivity index (χ3n) is 3.09. The Kier molecular flexibility index (Phi) is 5.40. The average molecular weight is 384 g/mol. The SMILES string of the molecule is CN(CCc1ccncc1)c1cc(Br)ccc1CBr. The van der Waals surface area contributed by atoms with Crippen molar-refractivity contribution in [2.75, 3.05) is 18.5 Å². The number of anilines is 1. The molecular weight excluding hydrogens is 368 g/mol. The van der Waals surface area contributed by atoms with Crippen LogP contribution in [0.15, 0.2) is 47.2 Å². The summed E-state index contributed by atoms with van der Waals surface area (Å²) < 4.78 is 1.11. The second-order valence-electron chi connectivity index (χ2n) is 4.43. The average Bonchev–Trinajstić information content (AvgIpc) is 2.46. The van der Waals surface area contributed by atoms with E-state index in [1.165, 1.54) is 16.8 Å². The van der Waals surface area contributed by atoms with Crippen molar-refractivity contribution in [2.24, 2.45) is 0 Å². The summed E-state index contributed by atoms with van der Waals surface area (Å²) in [6, 6.07) is 10.5. The third kappa shape index (κ3) is 4.05. The van der Waals surface area contributed by atoms with Crippen molar-refractivity contribution in [3.63, 3.8) is 0 Å². The van der Waals surface area contributed by atoms with Crippen LogP contribution in [0.3, 0.4) is 0 Å². The van der Waals surface area contributed by atoms with Gasteiger partial charge in [0.2, 0.25) is 0 Å². The van der Waals surface area contributed by atoms with Crippen molar-refractivity contribution in [3.05, 3.63) is 58.3 Å².